The Kier molecular flexibility index (Phi) is 5.21. The molecule has 4 rings (SSSR count). The minimum atomic E-state index is -4.72. The molecule has 0 spiro atoms. The molecule has 0 aliphatic carbocycles. The van der Waals surface area contributed by atoms with Crippen LogP contribution in [0.3, 0.4) is 0 Å². The number of nitriles is 1. The number of ether oxygens (including phenoxy) is 2. The van der Waals surface area contributed by atoms with Gasteiger partial charge in [-0.15, -0.1) is 0 Å². The number of carbonyl (C=O) groups is 1. The van der Waals surface area contributed by atoms with Gasteiger partial charge in [-0.1, -0.05) is 0 Å². The topological polar surface area (TPSA) is 123 Å². The average Bonchev–Trinajstić information content (AvgIpc) is 3.15. The van der Waals surface area contributed by atoms with Gasteiger partial charge < -0.3 is 20.5 Å². The number of carbonyl (C=O) groups excluding carboxylic acids is 1. The molecule has 8 nitrogen and oxygen atoms in total. The molecule has 166 valence electrons. The van der Waals surface area contributed by atoms with E-state index in [1.54, 1.807) is 0 Å². The molecule has 1 aromatic heterocycles. The Hall–Kier alpha value is -3.72. The van der Waals surface area contributed by atoms with Gasteiger partial charge in [0.25, 0.3) is 11.9 Å². The first-order chi connectivity index (χ1) is 15.1. The molecule has 0 radical (unpaired) electrons. The molecule has 0 bridgehead atoms. The van der Waals surface area contributed by atoms with Gasteiger partial charge in [0.05, 0.1) is 24.6 Å². The highest BCUT2D eigenvalue weighted by Crippen LogP contribution is 2.50. The molecular weight excluding hydrogens is 434 g/mol. The number of nitrogens with two attached hydrogens (primary N) is 1. The molecule has 0 unspecified atom stereocenters. The van der Waals surface area contributed by atoms with Gasteiger partial charge in [0.15, 0.2) is 11.7 Å². The molecule has 12 heteroatoms. The minimum absolute atomic E-state index is 0.0162. The number of fused-ring (bicyclic) bond motifs is 1. The summed E-state index contributed by atoms with van der Waals surface area (Å²) in [5, 5.41) is 11.3. The van der Waals surface area contributed by atoms with E-state index in [1.165, 1.54) is 30.5 Å². The summed E-state index contributed by atoms with van der Waals surface area (Å²) in [6.07, 6.45) is -5.74. The fourth-order valence-corrected chi connectivity index (χ4v) is 3.81. The monoisotopic (exact) mass is 449 g/mol. The SMILES string of the molecule is N#Cc1ccc(C(=O)Nc2ccc(F)c([C@]34CO[C@H](C(F)(F)F)[C@H]3CN=C(N)O4)c2)nc1. The molecule has 2 aromatic rings. The van der Waals surface area contributed by atoms with E-state index in [9.17, 15) is 22.4 Å². The molecule has 3 atom stereocenters. The van der Waals surface area contributed by atoms with E-state index in [0.717, 1.165) is 6.07 Å². The van der Waals surface area contributed by atoms with Gasteiger partial charge in [0.1, 0.15) is 17.6 Å². The van der Waals surface area contributed by atoms with Crippen LogP contribution in [-0.2, 0) is 15.1 Å². The van der Waals surface area contributed by atoms with Gasteiger partial charge in [-0.2, -0.15) is 18.4 Å². The Labute approximate surface area is 178 Å². The lowest BCUT2D eigenvalue weighted by Crippen LogP contribution is -2.50. The van der Waals surface area contributed by atoms with E-state index in [0.29, 0.717) is 0 Å². The number of aliphatic imine (C=N–C) groups is 1. The smallest absolute Gasteiger partial charge is 0.415 e. The molecule has 0 saturated carbocycles. The summed E-state index contributed by atoms with van der Waals surface area (Å²) in [5.74, 6) is -2.90. The number of amidine groups is 1. The molecule has 32 heavy (non-hydrogen) atoms. The Morgan fingerprint density at radius 1 is 1.31 bits per heavy atom. The highest BCUT2D eigenvalue weighted by Gasteiger charge is 2.63. The second kappa shape index (κ2) is 7.76. The van der Waals surface area contributed by atoms with Crippen molar-refractivity contribution in [3.63, 3.8) is 0 Å². The van der Waals surface area contributed by atoms with E-state index in [1.807, 2.05) is 6.07 Å². The van der Waals surface area contributed by atoms with Crippen molar-refractivity contribution in [1.82, 2.24) is 4.98 Å². The Morgan fingerprint density at radius 3 is 2.75 bits per heavy atom. The summed E-state index contributed by atoms with van der Waals surface area (Å²) in [5.41, 5.74) is 3.81. The van der Waals surface area contributed by atoms with Crippen LogP contribution in [0.25, 0.3) is 0 Å². The number of hydrogen-bond donors (Lipinski definition) is 2. The van der Waals surface area contributed by atoms with Crippen molar-refractivity contribution in [1.29, 1.82) is 5.26 Å². The van der Waals surface area contributed by atoms with Crippen molar-refractivity contribution in [3.8, 4) is 6.07 Å². The molecule has 1 amide bonds. The third-order valence-electron chi connectivity index (χ3n) is 5.30. The lowest BCUT2D eigenvalue weighted by molar-refractivity contribution is -0.217. The maximum atomic E-state index is 14.8. The molecule has 3 heterocycles. The lowest BCUT2D eigenvalue weighted by atomic mass is 9.79. The van der Waals surface area contributed by atoms with Crippen molar-refractivity contribution in [2.45, 2.75) is 17.9 Å². The number of rotatable bonds is 3. The number of aromatic nitrogens is 1. The predicted molar refractivity (Wildman–Crippen MR) is 102 cm³/mol. The van der Waals surface area contributed by atoms with Gasteiger partial charge >= 0.3 is 6.18 Å². The lowest BCUT2D eigenvalue weighted by Gasteiger charge is -2.38. The second-order valence-electron chi connectivity index (χ2n) is 7.24. The summed E-state index contributed by atoms with van der Waals surface area (Å²) in [4.78, 5) is 20.0. The highest BCUT2D eigenvalue weighted by atomic mass is 19.4. The van der Waals surface area contributed by atoms with Crippen LogP contribution < -0.4 is 11.1 Å². The van der Waals surface area contributed by atoms with Crippen LogP contribution >= 0.6 is 0 Å². The molecule has 1 aromatic carbocycles. The van der Waals surface area contributed by atoms with Crippen molar-refractivity contribution >= 4 is 17.6 Å². The van der Waals surface area contributed by atoms with Crippen LogP contribution in [0.5, 0.6) is 0 Å². The summed E-state index contributed by atoms with van der Waals surface area (Å²) in [6, 6.07) is 7.61. The Morgan fingerprint density at radius 2 is 2.09 bits per heavy atom. The minimum Gasteiger partial charge on any atom is -0.451 e. The van der Waals surface area contributed by atoms with E-state index in [4.69, 9.17) is 20.5 Å². The van der Waals surface area contributed by atoms with Gasteiger partial charge in [-0.3, -0.25) is 4.79 Å². The largest absolute Gasteiger partial charge is 0.451 e. The van der Waals surface area contributed by atoms with Crippen molar-refractivity contribution in [3.05, 3.63) is 59.2 Å². The maximum Gasteiger partial charge on any atom is 0.415 e. The van der Waals surface area contributed by atoms with Crippen molar-refractivity contribution < 1.29 is 31.8 Å². The standard InChI is InChI=1S/C20H15F4N5O3/c21-14-3-2-11(29-17(30)15-4-1-10(6-25)7-27-15)5-12(14)19-9-31-16(20(22,23)24)13(19)8-28-18(26)32-19/h1-5,7,13,16H,8-9H2,(H2,26,28)(H,29,30)/t13-,16+,19-/m1/s1. The number of pyridine rings is 1. The number of benzene rings is 1. The predicted octanol–water partition coefficient (Wildman–Crippen LogP) is 2.46. The fraction of sp³-hybridized carbons (Fsp3) is 0.300. The zero-order valence-electron chi connectivity index (χ0n) is 16.2. The van der Waals surface area contributed by atoms with E-state index in [-0.39, 0.29) is 35.1 Å². The summed E-state index contributed by atoms with van der Waals surface area (Å²) in [7, 11) is 0. The van der Waals surface area contributed by atoms with E-state index in [2.05, 4.69) is 15.3 Å². The van der Waals surface area contributed by atoms with Crippen LogP contribution in [0.2, 0.25) is 0 Å². The second-order valence-corrected chi connectivity index (χ2v) is 7.24. The maximum absolute atomic E-state index is 14.8. The van der Waals surface area contributed by atoms with Gasteiger partial charge in [-0.25, -0.2) is 14.4 Å². The number of nitrogens with one attached hydrogen (secondary N) is 1. The van der Waals surface area contributed by atoms with Gasteiger partial charge in [0, 0.05) is 17.4 Å². The first-order valence-corrected chi connectivity index (χ1v) is 9.29. The van der Waals surface area contributed by atoms with Gasteiger partial charge in [-0.05, 0) is 30.3 Å². The van der Waals surface area contributed by atoms with Crippen LogP contribution in [0.1, 0.15) is 21.6 Å². The zero-order valence-corrected chi connectivity index (χ0v) is 16.2. The molecule has 3 N–H and O–H groups in total. The Balaban J connectivity index is 1.68. The van der Waals surface area contributed by atoms with Crippen LogP contribution in [0.4, 0.5) is 23.2 Å². The van der Waals surface area contributed by atoms with Crippen molar-refractivity contribution in [2.24, 2.45) is 16.6 Å². The summed E-state index contributed by atoms with van der Waals surface area (Å²) in [6.45, 7) is -0.981. The molecular formula is C20H15F4N5O3. The van der Waals surface area contributed by atoms with Crippen LogP contribution in [0, 0.1) is 23.1 Å². The molecule has 1 saturated heterocycles. The molecule has 2 aliphatic heterocycles. The first kappa shape index (κ1) is 21.5. The van der Waals surface area contributed by atoms with Gasteiger partial charge in [0.2, 0.25) is 0 Å². The Bertz CT molecular complexity index is 1130. The van der Waals surface area contributed by atoms with E-state index < -0.39 is 42.1 Å². The van der Waals surface area contributed by atoms with Crippen molar-refractivity contribution in [2.75, 3.05) is 18.5 Å². The quantitative estimate of drug-likeness (QED) is 0.694. The van der Waals surface area contributed by atoms with Crippen LogP contribution in [0.15, 0.2) is 41.5 Å². The van der Waals surface area contributed by atoms with E-state index >= 15 is 0 Å². The molecule has 1 fully saturated rings. The number of amides is 1. The fourth-order valence-electron chi connectivity index (χ4n) is 3.81. The zero-order chi connectivity index (χ0) is 23.1. The number of nitrogens with zero attached hydrogens (tertiary/aromatic N) is 3. The summed E-state index contributed by atoms with van der Waals surface area (Å²) >= 11 is 0. The third-order valence-corrected chi connectivity index (χ3v) is 5.30. The third kappa shape index (κ3) is 3.71. The first-order valence-electron chi connectivity index (χ1n) is 9.29. The normalized spacial score (nSPS) is 24.7. The molecule has 2 aliphatic rings. The number of halogens is 4. The average molecular weight is 449 g/mol. The highest BCUT2D eigenvalue weighted by molar-refractivity contribution is 6.02. The number of hydrogen-bond acceptors (Lipinski definition) is 7. The van der Waals surface area contributed by atoms with Crippen LogP contribution in [-0.4, -0.2) is 42.3 Å². The number of alkyl halides is 3. The summed E-state index contributed by atoms with van der Waals surface area (Å²) < 4.78 is 65.7. The number of anilines is 1.